The van der Waals surface area contributed by atoms with Gasteiger partial charge in [0, 0.05) is 0 Å². The van der Waals surface area contributed by atoms with Crippen molar-refractivity contribution in [2.75, 3.05) is 0 Å². The van der Waals surface area contributed by atoms with Gasteiger partial charge in [0.05, 0.1) is 0 Å². The average molecular weight is 170 g/mol. The maximum atomic E-state index is 13.0. The Labute approximate surface area is 74.9 Å². The van der Waals surface area contributed by atoms with Gasteiger partial charge in [-0.05, 0) is 39.0 Å². The fraction of sp³-hybridized carbons (Fsp3) is 0.818. The van der Waals surface area contributed by atoms with Crippen molar-refractivity contribution in [1.82, 2.24) is 0 Å². The minimum Gasteiger partial charge on any atom is -0.247 e. The smallest absolute Gasteiger partial charge is 0.104 e. The van der Waals surface area contributed by atoms with Gasteiger partial charge < -0.3 is 0 Å². The van der Waals surface area contributed by atoms with E-state index in [-0.39, 0.29) is 0 Å². The molecule has 0 spiro atoms. The zero-order valence-electron chi connectivity index (χ0n) is 8.20. The molecule has 0 bridgehead atoms. The van der Waals surface area contributed by atoms with Gasteiger partial charge in [-0.1, -0.05) is 24.5 Å². The normalized spacial score (nSPS) is 24.8. The molecular weight excluding hydrogens is 151 g/mol. The van der Waals surface area contributed by atoms with Gasteiger partial charge in [-0.25, -0.2) is 4.39 Å². The van der Waals surface area contributed by atoms with Gasteiger partial charge in [0.1, 0.15) is 6.17 Å². The third-order valence-electron chi connectivity index (χ3n) is 2.74. The zero-order chi connectivity index (χ0) is 8.97. The van der Waals surface area contributed by atoms with Crippen molar-refractivity contribution in [3.8, 4) is 0 Å². The maximum Gasteiger partial charge on any atom is 0.104 e. The Hall–Kier alpha value is -0.330. The van der Waals surface area contributed by atoms with E-state index in [2.05, 4.69) is 13.8 Å². The van der Waals surface area contributed by atoms with Crippen LogP contribution in [-0.4, -0.2) is 6.17 Å². The van der Waals surface area contributed by atoms with Crippen molar-refractivity contribution in [1.29, 1.82) is 0 Å². The first-order chi connectivity index (χ1) is 5.74. The highest BCUT2D eigenvalue weighted by atomic mass is 19.1. The van der Waals surface area contributed by atoms with E-state index in [9.17, 15) is 4.39 Å². The monoisotopic (exact) mass is 170 g/mol. The summed E-state index contributed by atoms with van der Waals surface area (Å²) in [5, 5.41) is 0. The number of alkyl halides is 1. The molecule has 0 aromatic rings. The highest BCUT2D eigenvalue weighted by molar-refractivity contribution is 5.16. The van der Waals surface area contributed by atoms with Gasteiger partial charge in [0.25, 0.3) is 0 Å². The summed E-state index contributed by atoms with van der Waals surface area (Å²) in [7, 11) is 0. The third-order valence-corrected chi connectivity index (χ3v) is 2.74. The number of hydrogen-bond donors (Lipinski definition) is 0. The molecule has 0 nitrogen and oxygen atoms in total. The van der Waals surface area contributed by atoms with Crippen molar-refractivity contribution in [3.05, 3.63) is 11.1 Å². The first-order valence-corrected chi connectivity index (χ1v) is 5.05. The summed E-state index contributed by atoms with van der Waals surface area (Å²) in [4.78, 5) is 0. The van der Waals surface area contributed by atoms with Crippen LogP contribution >= 0.6 is 0 Å². The molecule has 0 aliphatic heterocycles. The van der Waals surface area contributed by atoms with Gasteiger partial charge in [0.15, 0.2) is 0 Å². The average Bonchev–Trinajstić information content (AvgIpc) is 2.07. The van der Waals surface area contributed by atoms with Crippen LogP contribution in [0.25, 0.3) is 0 Å². The lowest BCUT2D eigenvalue weighted by molar-refractivity contribution is 0.297. The maximum absolute atomic E-state index is 13.0. The van der Waals surface area contributed by atoms with Crippen LogP contribution in [0.2, 0.25) is 0 Å². The predicted molar refractivity (Wildman–Crippen MR) is 51.0 cm³/mol. The van der Waals surface area contributed by atoms with Crippen LogP contribution in [0.3, 0.4) is 0 Å². The molecule has 0 fully saturated rings. The van der Waals surface area contributed by atoms with Crippen LogP contribution in [0.4, 0.5) is 4.39 Å². The molecule has 0 saturated carbocycles. The SMILES string of the molecule is CCCCC1=C(C)CCC(F)C1. The molecule has 0 heterocycles. The molecule has 1 unspecified atom stereocenters. The molecule has 0 aromatic heterocycles. The summed E-state index contributed by atoms with van der Waals surface area (Å²) in [5.41, 5.74) is 2.85. The Morgan fingerprint density at radius 1 is 1.50 bits per heavy atom. The molecule has 1 atom stereocenters. The van der Waals surface area contributed by atoms with E-state index < -0.39 is 6.17 Å². The molecule has 0 radical (unpaired) electrons. The number of unbranched alkanes of at least 4 members (excludes halogenated alkanes) is 1. The van der Waals surface area contributed by atoms with Crippen molar-refractivity contribution in [2.24, 2.45) is 0 Å². The quantitative estimate of drug-likeness (QED) is 0.561. The van der Waals surface area contributed by atoms with E-state index in [1.807, 2.05) is 0 Å². The molecule has 0 amide bonds. The van der Waals surface area contributed by atoms with Crippen molar-refractivity contribution >= 4 is 0 Å². The zero-order valence-corrected chi connectivity index (χ0v) is 8.20. The first kappa shape index (κ1) is 9.76. The van der Waals surface area contributed by atoms with Crippen molar-refractivity contribution in [3.63, 3.8) is 0 Å². The Balaban J connectivity index is 2.46. The van der Waals surface area contributed by atoms with Crippen LogP contribution in [0.1, 0.15) is 52.4 Å². The molecule has 0 N–H and O–H groups in total. The van der Waals surface area contributed by atoms with E-state index in [1.54, 1.807) is 0 Å². The lowest BCUT2D eigenvalue weighted by atomic mass is 9.89. The predicted octanol–water partition coefficient (Wildman–Crippen LogP) is 4.02. The Morgan fingerprint density at radius 2 is 2.25 bits per heavy atom. The van der Waals surface area contributed by atoms with E-state index in [1.165, 1.54) is 24.0 Å². The molecule has 1 heteroatoms. The van der Waals surface area contributed by atoms with Crippen LogP contribution in [0.15, 0.2) is 11.1 Å². The summed E-state index contributed by atoms with van der Waals surface area (Å²) in [6.45, 7) is 4.35. The Bertz CT molecular complexity index is 170. The largest absolute Gasteiger partial charge is 0.247 e. The second kappa shape index (κ2) is 4.64. The molecule has 1 aliphatic rings. The topological polar surface area (TPSA) is 0 Å². The molecule has 1 rings (SSSR count). The molecule has 1 aliphatic carbocycles. The summed E-state index contributed by atoms with van der Waals surface area (Å²) in [6.07, 6.45) is 5.46. The molecular formula is C11H19F. The van der Waals surface area contributed by atoms with E-state index in [4.69, 9.17) is 0 Å². The first-order valence-electron chi connectivity index (χ1n) is 5.05. The van der Waals surface area contributed by atoms with E-state index >= 15 is 0 Å². The summed E-state index contributed by atoms with van der Waals surface area (Å²) < 4.78 is 13.0. The van der Waals surface area contributed by atoms with Gasteiger partial charge in [-0.2, -0.15) is 0 Å². The van der Waals surface area contributed by atoms with Crippen LogP contribution in [0.5, 0.6) is 0 Å². The number of rotatable bonds is 3. The van der Waals surface area contributed by atoms with Crippen molar-refractivity contribution < 1.29 is 4.39 Å². The van der Waals surface area contributed by atoms with E-state index in [0.29, 0.717) is 6.42 Å². The van der Waals surface area contributed by atoms with Crippen LogP contribution < -0.4 is 0 Å². The van der Waals surface area contributed by atoms with Gasteiger partial charge in [-0.3, -0.25) is 0 Å². The Morgan fingerprint density at radius 3 is 2.92 bits per heavy atom. The summed E-state index contributed by atoms with van der Waals surface area (Å²) in [5.74, 6) is 0. The van der Waals surface area contributed by atoms with Crippen LogP contribution in [-0.2, 0) is 0 Å². The number of allylic oxidation sites excluding steroid dienone is 2. The Kier molecular flexibility index (Phi) is 3.77. The minimum absolute atomic E-state index is 0.555. The van der Waals surface area contributed by atoms with Crippen LogP contribution in [0, 0.1) is 0 Å². The van der Waals surface area contributed by atoms with Gasteiger partial charge in [-0.15, -0.1) is 0 Å². The van der Waals surface area contributed by atoms with Gasteiger partial charge >= 0.3 is 0 Å². The number of halogens is 1. The lowest BCUT2D eigenvalue weighted by Crippen LogP contribution is -2.09. The molecule has 0 aromatic carbocycles. The number of hydrogen-bond acceptors (Lipinski definition) is 0. The fourth-order valence-electron chi connectivity index (χ4n) is 1.80. The standard InChI is InChI=1S/C11H19F/c1-3-4-5-10-8-11(12)7-6-9(10)2/h11H,3-8H2,1-2H3. The van der Waals surface area contributed by atoms with Gasteiger partial charge in [0.2, 0.25) is 0 Å². The van der Waals surface area contributed by atoms with E-state index in [0.717, 1.165) is 19.3 Å². The lowest BCUT2D eigenvalue weighted by Gasteiger charge is -2.20. The fourth-order valence-corrected chi connectivity index (χ4v) is 1.80. The third kappa shape index (κ3) is 2.62. The minimum atomic E-state index is -0.555. The second-order valence-electron chi connectivity index (χ2n) is 3.83. The molecule has 12 heavy (non-hydrogen) atoms. The molecule has 0 saturated heterocycles. The summed E-state index contributed by atoms with van der Waals surface area (Å²) in [6, 6.07) is 0. The summed E-state index contributed by atoms with van der Waals surface area (Å²) >= 11 is 0. The second-order valence-corrected chi connectivity index (χ2v) is 3.83. The highest BCUT2D eigenvalue weighted by Gasteiger charge is 2.17. The highest BCUT2D eigenvalue weighted by Crippen LogP contribution is 2.29. The molecule has 70 valence electrons. The van der Waals surface area contributed by atoms with Crippen molar-refractivity contribution in [2.45, 2.75) is 58.5 Å².